The number of benzene rings is 3. The number of para-hydroxylation sites is 1. The van der Waals surface area contributed by atoms with E-state index >= 15 is 0 Å². The minimum Gasteiger partial charge on any atom is -0.463 e. The molecule has 0 aliphatic carbocycles. The van der Waals surface area contributed by atoms with Gasteiger partial charge in [-0.05, 0) is 49.8 Å². The van der Waals surface area contributed by atoms with Gasteiger partial charge in [-0.1, -0.05) is 59.9 Å². The van der Waals surface area contributed by atoms with E-state index in [0.29, 0.717) is 32.7 Å². The van der Waals surface area contributed by atoms with Gasteiger partial charge in [-0.3, -0.25) is 9.36 Å². The van der Waals surface area contributed by atoms with Gasteiger partial charge in [0.2, 0.25) is 0 Å². The first-order valence-corrected chi connectivity index (χ1v) is 14.9. The number of carbonyl (C=O) groups excluding carboxylic acids is 1. The third kappa shape index (κ3) is 5.21. The Labute approximate surface area is 252 Å². The normalized spacial score (nSPS) is 15.0. The fourth-order valence-corrected chi connectivity index (χ4v) is 6.57. The molecule has 9 heteroatoms. The summed E-state index contributed by atoms with van der Waals surface area (Å²) < 4.78 is 24.0. The van der Waals surface area contributed by atoms with E-state index in [-0.39, 0.29) is 18.0 Å². The highest BCUT2D eigenvalue weighted by Gasteiger charge is 2.33. The summed E-state index contributed by atoms with van der Waals surface area (Å²) in [5.41, 5.74) is 4.77. The van der Waals surface area contributed by atoms with Crippen molar-refractivity contribution in [2.24, 2.45) is 4.99 Å². The molecule has 5 aromatic rings. The van der Waals surface area contributed by atoms with Crippen molar-refractivity contribution >= 4 is 40.0 Å². The van der Waals surface area contributed by atoms with E-state index in [1.54, 1.807) is 30.5 Å². The van der Waals surface area contributed by atoms with E-state index in [1.807, 2.05) is 90.4 Å². The summed E-state index contributed by atoms with van der Waals surface area (Å²) in [6.07, 6.45) is 3.81. The molecule has 0 N–H and O–H groups in total. The lowest BCUT2D eigenvalue weighted by Crippen LogP contribution is -2.39. The lowest BCUT2D eigenvalue weighted by atomic mass is 9.95. The van der Waals surface area contributed by atoms with Gasteiger partial charge >= 0.3 is 5.97 Å². The molecule has 0 saturated carbocycles. The largest absolute Gasteiger partial charge is 0.463 e. The number of esters is 1. The van der Waals surface area contributed by atoms with Crippen LogP contribution >= 0.6 is 11.3 Å². The number of thiazole rings is 1. The summed E-state index contributed by atoms with van der Waals surface area (Å²) in [5.74, 6) is -0.752. The molecule has 3 heterocycles. The molecule has 0 unspecified atom stereocenters. The van der Waals surface area contributed by atoms with Gasteiger partial charge < -0.3 is 14.2 Å². The molecular weight excluding hydrogens is 563 g/mol. The molecule has 0 bridgehead atoms. The Kier molecular flexibility index (Phi) is 7.58. The molecule has 1 atom stereocenters. The number of hydrogen-bond donors (Lipinski definition) is 0. The van der Waals surface area contributed by atoms with Gasteiger partial charge in [-0.2, -0.15) is 0 Å². The number of rotatable bonds is 7. The number of halogens is 1. The van der Waals surface area contributed by atoms with Crippen LogP contribution in [0.3, 0.4) is 0 Å². The van der Waals surface area contributed by atoms with Crippen LogP contribution < -0.4 is 19.8 Å². The Bertz CT molecular complexity index is 2070. The maximum atomic E-state index is 14.5. The zero-order valence-corrected chi connectivity index (χ0v) is 25.2. The molecule has 0 radical (unpaired) electrons. The number of ether oxygens (including phenoxy) is 1. The lowest BCUT2D eigenvalue weighted by molar-refractivity contribution is -0.139. The molecule has 6 rings (SSSR count). The first-order valence-electron chi connectivity index (χ1n) is 14.0. The van der Waals surface area contributed by atoms with Crippen LogP contribution in [0.15, 0.2) is 100 Å². The first kappa shape index (κ1) is 28.4. The molecule has 1 aliphatic rings. The maximum Gasteiger partial charge on any atom is 0.338 e. The highest BCUT2D eigenvalue weighted by Crippen LogP contribution is 2.32. The van der Waals surface area contributed by atoms with Crippen LogP contribution in [0, 0.1) is 5.82 Å². The van der Waals surface area contributed by atoms with Crippen molar-refractivity contribution in [1.82, 2.24) is 9.13 Å². The lowest BCUT2D eigenvalue weighted by Gasteiger charge is -2.25. The van der Waals surface area contributed by atoms with Crippen LogP contribution in [0.1, 0.15) is 36.6 Å². The van der Waals surface area contributed by atoms with Gasteiger partial charge in [0.05, 0.1) is 35.0 Å². The smallest absolute Gasteiger partial charge is 0.338 e. The molecule has 3 aromatic carbocycles. The topological polar surface area (TPSA) is 68.8 Å². The number of aromatic nitrogens is 2. The van der Waals surface area contributed by atoms with Crippen molar-refractivity contribution in [3.05, 3.63) is 132 Å². The number of anilines is 1. The molecular formula is C34H31FN4O3S. The van der Waals surface area contributed by atoms with Crippen molar-refractivity contribution in [3.63, 3.8) is 0 Å². The molecule has 0 saturated heterocycles. The Hall–Kier alpha value is -4.76. The highest BCUT2D eigenvalue weighted by atomic mass is 32.1. The standard InChI is InChI=1S/C34H31FN4O3S/c1-5-42-33(41)30-21(2)36-34-39(31(30)22-14-16-25(17-15-22)37(3)4)32(40)29(43-34)18-24-20-38(28-13-9-7-11-26(24)28)19-23-10-6-8-12-27(23)35/h6-18,20,31H,5,19H2,1-4H3/b29-18-/t31-/m0/s1. The van der Waals surface area contributed by atoms with Crippen LogP contribution in [0.25, 0.3) is 17.0 Å². The van der Waals surface area contributed by atoms with E-state index in [0.717, 1.165) is 27.7 Å². The van der Waals surface area contributed by atoms with Crippen LogP contribution in [0.2, 0.25) is 0 Å². The highest BCUT2D eigenvalue weighted by molar-refractivity contribution is 7.07. The molecule has 1 aliphatic heterocycles. The van der Waals surface area contributed by atoms with Gasteiger partial charge in [-0.25, -0.2) is 14.2 Å². The first-order chi connectivity index (χ1) is 20.8. The Balaban J connectivity index is 1.51. The third-order valence-corrected chi connectivity index (χ3v) is 8.63. The maximum absolute atomic E-state index is 14.5. The van der Waals surface area contributed by atoms with E-state index < -0.39 is 12.0 Å². The Morgan fingerprint density at radius 3 is 2.51 bits per heavy atom. The van der Waals surface area contributed by atoms with Crippen molar-refractivity contribution < 1.29 is 13.9 Å². The molecule has 2 aromatic heterocycles. The van der Waals surface area contributed by atoms with Crippen molar-refractivity contribution in [1.29, 1.82) is 0 Å². The van der Waals surface area contributed by atoms with Crippen molar-refractivity contribution in [2.75, 3.05) is 25.6 Å². The van der Waals surface area contributed by atoms with E-state index in [2.05, 4.69) is 0 Å². The van der Waals surface area contributed by atoms with Gasteiger partial charge in [0.1, 0.15) is 5.82 Å². The van der Waals surface area contributed by atoms with Crippen LogP contribution in [-0.4, -0.2) is 35.8 Å². The second-order valence-electron chi connectivity index (χ2n) is 10.6. The summed E-state index contributed by atoms with van der Waals surface area (Å²) in [7, 11) is 3.92. The third-order valence-electron chi connectivity index (χ3n) is 7.65. The van der Waals surface area contributed by atoms with E-state index in [4.69, 9.17) is 9.73 Å². The predicted octanol–water partition coefficient (Wildman–Crippen LogP) is 5.01. The van der Waals surface area contributed by atoms with Crippen molar-refractivity contribution in [2.45, 2.75) is 26.4 Å². The van der Waals surface area contributed by atoms with Crippen LogP contribution in [0.5, 0.6) is 0 Å². The fraction of sp³-hybridized carbons (Fsp3) is 0.206. The van der Waals surface area contributed by atoms with E-state index in [9.17, 15) is 14.0 Å². The summed E-state index contributed by atoms with van der Waals surface area (Å²) >= 11 is 1.28. The molecule has 7 nitrogen and oxygen atoms in total. The minimum atomic E-state index is -0.684. The summed E-state index contributed by atoms with van der Waals surface area (Å²) in [6, 6.07) is 21.7. The summed E-state index contributed by atoms with van der Waals surface area (Å²) in [5, 5.41) is 0.948. The Morgan fingerprint density at radius 1 is 1.07 bits per heavy atom. The average Bonchev–Trinajstić information content (AvgIpc) is 3.50. The molecule has 0 fully saturated rings. The van der Waals surface area contributed by atoms with E-state index in [1.165, 1.54) is 17.4 Å². The SMILES string of the molecule is CCOC(=O)C1=C(C)N=c2s/c(=C\c3cn(Cc4ccccc4F)c4ccccc34)c(=O)n2[C@H]1c1ccc(N(C)C)cc1. The van der Waals surface area contributed by atoms with Gasteiger partial charge in [0, 0.05) is 48.0 Å². The van der Waals surface area contributed by atoms with Gasteiger partial charge in [0.15, 0.2) is 4.80 Å². The summed E-state index contributed by atoms with van der Waals surface area (Å²) in [6.45, 7) is 4.10. The van der Waals surface area contributed by atoms with Crippen molar-refractivity contribution in [3.8, 4) is 0 Å². The zero-order valence-electron chi connectivity index (χ0n) is 24.4. The Morgan fingerprint density at radius 2 is 1.79 bits per heavy atom. The number of fused-ring (bicyclic) bond motifs is 2. The molecule has 218 valence electrons. The predicted molar refractivity (Wildman–Crippen MR) is 169 cm³/mol. The van der Waals surface area contributed by atoms with Gasteiger partial charge in [-0.15, -0.1) is 0 Å². The number of carbonyl (C=O) groups is 1. The second kappa shape index (κ2) is 11.5. The quantitative estimate of drug-likeness (QED) is 0.249. The van der Waals surface area contributed by atoms with Crippen LogP contribution in [0.4, 0.5) is 10.1 Å². The monoisotopic (exact) mass is 594 g/mol. The number of hydrogen-bond acceptors (Lipinski definition) is 6. The summed E-state index contributed by atoms with van der Waals surface area (Å²) in [4.78, 5) is 34.5. The number of allylic oxidation sites excluding steroid dienone is 1. The number of nitrogens with zero attached hydrogens (tertiary/aromatic N) is 4. The zero-order chi connectivity index (χ0) is 30.2. The van der Waals surface area contributed by atoms with Crippen LogP contribution in [-0.2, 0) is 16.1 Å². The molecule has 0 amide bonds. The molecule has 43 heavy (non-hydrogen) atoms. The minimum absolute atomic E-state index is 0.212. The fourth-order valence-electron chi connectivity index (χ4n) is 5.53. The van der Waals surface area contributed by atoms with Gasteiger partial charge in [0.25, 0.3) is 5.56 Å². The molecule has 0 spiro atoms. The average molecular weight is 595 g/mol. The second-order valence-corrected chi connectivity index (χ2v) is 11.6.